The van der Waals surface area contributed by atoms with Crippen LogP contribution in [-0.2, 0) is 19.7 Å². The summed E-state index contributed by atoms with van der Waals surface area (Å²) in [4.78, 5) is 10.9. The number of aryl methyl sites for hydroxylation is 1. The van der Waals surface area contributed by atoms with Crippen LogP contribution >= 0.6 is 0 Å². The van der Waals surface area contributed by atoms with Crippen LogP contribution in [-0.4, -0.2) is 17.7 Å². The summed E-state index contributed by atoms with van der Waals surface area (Å²) in [6, 6.07) is 21.0. The SMILES string of the molecule is CCOc1cc(CNCc2ccc(C(=O)O)cc2)ccc1OCc1ccccc1C. The topological polar surface area (TPSA) is 67.8 Å². The molecule has 0 unspecified atom stereocenters. The average Bonchev–Trinajstić information content (AvgIpc) is 2.75. The third-order valence-electron chi connectivity index (χ3n) is 4.81. The Labute approximate surface area is 177 Å². The number of carboxylic acids is 1. The average molecular weight is 405 g/mol. The van der Waals surface area contributed by atoms with E-state index in [0.717, 1.165) is 28.2 Å². The van der Waals surface area contributed by atoms with E-state index in [1.54, 1.807) is 12.1 Å². The molecule has 2 N–H and O–H groups in total. The van der Waals surface area contributed by atoms with Crippen molar-refractivity contribution in [2.75, 3.05) is 6.61 Å². The summed E-state index contributed by atoms with van der Waals surface area (Å²) in [5.74, 6) is 0.548. The molecule has 0 saturated carbocycles. The van der Waals surface area contributed by atoms with Crippen molar-refractivity contribution in [3.05, 3.63) is 94.5 Å². The highest BCUT2D eigenvalue weighted by molar-refractivity contribution is 5.87. The highest BCUT2D eigenvalue weighted by Crippen LogP contribution is 2.29. The lowest BCUT2D eigenvalue weighted by Crippen LogP contribution is -2.13. The van der Waals surface area contributed by atoms with Gasteiger partial charge in [0, 0.05) is 13.1 Å². The summed E-state index contributed by atoms with van der Waals surface area (Å²) >= 11 is 0. The maximum absolute atomic E-state index is 10.9. The fourth-order valence-electron chi connectivity index (χ4n) is 3.09. The molecule has 3 rings (SSSR count). The molecule has 0 aliphatic rings. The van der Waals surface area contributed by atoms with Crippen LogP contribution in [0.15, 0.2) is 66.7 Å². The number of benzene rings is 3. The summed E-state index contributed by atoms with van der Waals surface area (Å²) in [6.07, 6.45) is 0. The molecule has 0 atom stereocenters. The van der Waals surface area contributed by atoms with Gasteiger partial charge < -0.3 is 19.9 Å². The normalized spacial score (nSPS) is 10.6. The number of rotatable bonds is 10. The molecule has 0 heterocycles. The molecular formula is C25H27NO4. The first kappa shape index (κ1) is 21.4. The molecule has 0 saturated heterocycles. The smallest absolute Gasteiger partial charge is 0.335 e. The van der Waals surface area contributed by atoms with Crippen molar-refractivity contribution in [1.82, 2.24) is 5.32 Å². The molecule has 3 aromatic carbocycles. The van der Waals surface area contributed by atoms with Gasteiger partial charge in [0.15, 0.2) is 11.5 Å². The van der Waals surface area contributed by atoms with Gasteiger partial charge in [0.1, 0.15) is 6.61 Å². The monoisotopic (exact) mass is 405 g/mol. The van der Waals surface area contributed by atoms with Gasteiger partial charge in [0.05, 0.1) is 12.2 Å². The summed E-state index contributed by atoms with van der Waals surface area (Å²) in [6.45, 7) is 6.40. The molecular weight excluding hydrogens is 378 g/mol. The molecule has 5 heteroatoms. The fourth-order valence-corrected chi connectivity index (χ4v) is 3.09. The molecule has 0 amide bonds. The van der Waals surface area contributed by atoms with Crippen LogP contribution < -0.4 is 14.8 Å². The van der Waals surface area contributed by atoms with Crippen LogP contribution in [0.25, 0.3) is 0 Å². The quantitative estimate of drug-likeness (QED) is 0.499. The van der Waals surface area contributed by atoms with Gasteiger partial charge >= 0.3 is 5.97 Å². The molecule has 30 heavy (non-hydrogen) atoms. The van der Waals surface area contributed by atoms with Gasteiger partial charge in [0.2, 0.25) is 0 Å². The molecule has 3 aromatic rings. The Morgan fingerprint density at radius 3 is 2.30 bits per heavy atom. The van der Waals surface area contributed by atoms with Gasteiger partial charge in [-0.05, 0) is 60.4 Å². The first-order valence-corrected chi connectivity index (χ1v) is 10.0. The number of nitrogens with one attached hydrogen (secondary N) is 1. The van der Waals surface area contributed by atoms with E-state index in [2.05, 4.69) is 24.4 Å². The van der Waals surface area contributed by atoms with Crippen molar-refractivity contribution >= 4 is 5.97 Å². The van der Waals surface area contributed by atoms with Crippen LogP contribution in [0.4, 0.5) is 0 Å². The highest BCUT2D eigenvalue weighted by atomic mass is 16.5. The van der Waals surface area contributed by atoms with E-state index in [-0.39, 0.29) is 0 Å². The molecule has 156 valence electrons. The Bertz CT molecular complexity index is 983. The van der Waals surface area contributed by atoms with Crippen molar-refractivity contribution < 1.29 is 19.4 Å². The van der Waals surface area contributed by atoms with Gasteiger partial charge in [-0.25, -0.2) is 4.79 Å². The first-order valence-electron chi connectivity index (χ1n) is 10.0. The van der Waals surface area contributed by atoms with Crippen LogP contribution in [0.5, 0.6) is 11.5 Å². The van der Waals surface area contributed by atoms with Crippen LogP contribution in [0.1, 0.15) is 39.5 Å². The standard InChI is InChI=1S/C25H27NO4/c1-3-29-24-14-20(16-26-15-19-8-11-21(12-9-19)25(27)28)10-13-23(24)30-17-22-7-5-4-6-18(22)2/h4-14,26H,3,15-17H2,1-2H3,(H,27,28). The van der Waals surface area contributed by atoms with Crippen molar-refractivity contribution in [3.63, 3.8) is 0 Å². The van der Waals surface area contributed by atoms with E-state index < -0.39 is 5.97 Å². The number of hydrogen-bond acceptors (Lipinski definition) is 4. The van der Waals surface area contributed by atoms with E-state index in [9.17, 15) is 4.79 Å². The predicted molar refractivity (Wildman–Crippen MR) is 117 cm³/mol. The second kappa shape index (κ2) is 10.5. The Balaban J connectivity index is 1.59. The van der Waals surface area contributed by atoms with Gasteiger partial charge in [-0.2, -0.15) is 0 Å². The number of carbonyl (C=O) groups is 1. The van der Waals surface area contributed by atoms with Crippen LogP contribution in [0.3, 0.4) is 0 Å². The maximum Gasteiger partial charge on any atom is 0.335 e. The lowest BCUT2D eigenvalue weighted by molar-refractivity contribution is 0.0697. The number of ether oxygens (including phenoxy) is 2. The van der Waals surface area contributed by atoms with E-state index in [0.29, 0.717) is 31.9 Å². The molecule has 0 spiro atoms. The van der Waals surface area contributed by atoms with E-state index in [4.69, 9.17) is 14.6 Å². The number of hydrogen-bond donors (Lipinski definition) is 2. The molecule has 0 fully saturated rings. The number of carboxylic acid groups (broad SMARTS) is 1. The van der Waals surface area contributed by atoms with Gasteiger partial charge in [-0.15, -0.1) is 0 Å². The van der Waals surface area contributed by atoms with E-state index in [1.165, 1.54) is 5.56 Å². The Hall–Kier alpha value is -3.31. The maximum atomic E-state index is 10.9. The zero-order chi connectivity index (χ0) is 21.3. The molecule has 0 radical (unpaired) electrons. The second-order valence-electron chi connectivity index (χ2n) is 7.03. The van der Waals surface area contributed by atoms with Gasteiger partial charge in [-0.1, -0.05) is 42.5 Å². The Morgan fingerprint density at radius 2 is 1.60 bits per heavy atom. The zero-order valence-corrected chi connectivity index (χ0v) is 17.4. The number of aromatic carboxylic acids is 1. The largest absolute Gasteiger partial charge is 0.490 e. The Morgan fingerprint density at radius 1 is 0.900 bits per heavy atom. The minimum absolute atomic E-state index is 0.293. The van der Waals surface area contributed by atoms with Crippen molar-refractivity contribution in [2.24, 2.45) is 0 Å². The third kappa shape index (κ3) is 5.84. The highest BCUT2D eigenvalue weighted by Gasteiger charge is 2.08. The van der Waals surface area contributed by atoms with Crippen LogP contribution in [0.2, 0.25) is 0 Å². The second-order valence-corrected chi connectivity index (χ2v) is 7.03. The predicted octanol–water partition coefficient (Wildman–Crippen LogP) is 4.96. The van der Waals surface area contributed by atoms with Crippen LogP contribution in [0, 0.1) is 6.92 Å². The van der Waals surface area contributed by atoms with Gasteiger partial charge in [0.25, 0.3) is 0 Å². The van der Waals surface area contributed by atoms with E-state index in [1.807, 2.05) is 49.4 Å². The molecule has 5 nitrogen and oxygen atoms in total. The Kier molecular flexibility index (Phi) is 7.46. The summed E-state index contributed by atoms with van der Waals surface area (Å²) in [7, 11) is 0. The van der Waals surface area contributed by atoms with Crippen molar-refractivity contribution in [2.45, 2.75) is 33.5 Å². The third-order valence-corrected chi connectivity index (χ3v) is 4.81. The molecule has 0 aliphatic carbocycles. The van der Waals surface area contributed by atoms with Crippen molar-refractivity contribution in [3.8, 4) is 11.5 Å². The minimum atomic E-state index is -0.914. The van der Waals surface area contributed by atoms with E-state index >= 15 is 0 Å². The lowest BCUT2D eigenvalue weighted by Gasteiger charge is -2.15. The molecule has 0 aliphatic heterocycles. The molecule has 0 bridgehead atoms. The fraction of sp³-hybridized carbons (Fsp3) is 0.240. The lowest BCUT2D eigenvalue weighted by atomic mass is 10.1. The summed E-state index contributed by atoms with van der Waals surface area (Å²) in [5, 5.41) is 12.3. The van der Waals surface area contributed by atoms with Crippen molar-refractivity contribution in [1.29, 1.82) is 0 Å². The zero-order valence-electron chi connectivity index (χ0n) is 17.4. The van der Waals surface area contributed by atoms with Gasteiger partial charge in [-0.3, -0.25) is 0 Å². The first-order chi connectivity index (χ1) is 14.6. The summed E-state index contributed by atoms with van der Waals surface area (Å²) in [5.41, 5.74) is 4.76. The minimum Gasteiger partial charge on any atom is -0.490 e. The summed E-state index contributed by atoms with van der Waals surface area (Å²) < 4.78 is 11.8. The molecule has 0 aromatic heterocycles.